The summed E-state index contributed by atoms with van der Waals surface area (Å²) in [5.41, 5.74) is 2.72. The Balaban J connectivity index is 2.46. The lowest BCUT2D eigenvalue weighted by Crippen LogP contribution is -2.31. The van der Waals surface area contributed by atoms with Crippen molar-refractivity contribution in [1.82, 2.24) is 0 Å². The molecule has 0 unspecified atom stereocenters. The van der Waals surface area contributed by atoms with Gasteiger partial charge in [-0.2, -0.15) is 0 Å². The fraction of sp³-hybridized carbons (Fsp3) is 0.714. The first-order valence-corrected chi connectivity index (χ1v) is 9.81. The van der Waals surface area contributed by atoms with Crippen LogP contribution in [0.2, 0.25) is 0 Å². The van der Waals surface area contributed by atoms with Crippen molar-refractivity contribution in [1.29, 1.82) is 0 Å². The molecule has 1 aromatic carbocycles. The third-order valence-corrected chi connectivity index (χ3v) is 4.29. The summed E-state index contributed by atoms with van der Waals surface area (Å²) in [4.78, 5) is 2.36. The summed E-state index contributed by atoms with van der Waals surface area (Å²) in [5.74, 6) is 0. The van der Waals surface area contributed by atoms with E-state index in [0.29, 0.717) is 0 Å². The highest BCUT2D eigenvalue weighted by Crippen LogP contribution is 2.17. The second kappa shape index (κ2) is 14.3. The molecule has 0 bridgehead atoms. The van der Waals surface area contributed by atoms with Gasteiger partial charge in [-0.15, -0.1) is 0 Å². The Morgan fingerprint density at radius 2 is 1.33 bits per heavy atom. The van der Waals surface area contributed by atoms with Gasteiger partial charge in [0.25, 0.3) is 0 Å². The maximum Gasteiger partial charge on any atom is 0.0641 e. The van der Waals surface area contributed by atoms with Gasteiger partial charge < -0.3 is 14.4 Å². The Kier molecular flexibility index (Phi) is 12.5. The molecular formula is C21H37NO2. The largest absolute Gasteiger partial charge is 0.380 e. The van der Waals surface area contributed by atoms with E-state index in [1.807, 2.05) is 13.8 Å². The van der Waals surface area contributed by atoms with Crippen LogP contribution < -0.4 is 4.90 Å². The van der Waals surface area contributed by atoms with Crippen LogP contribution in [-0.2, 0) is 15.9 Å². The number of unbranched alkanes of at least 4 members (excludes halogenated alkanes) is 4. The summed E-state index contributed by atoms with van der Waals surface area (Å²) in [6, 6.07) is 9.06. The van der Waals surface area contributed by atoms with Gasteiger partial charge in [-0.05, 0) is 44.4 Å². The summed E-state index contributed by atoms with van der Waals surface area (Å²) in [6.45, 7) is 11.3. The van der Waals surface area contributed by atoms with Crippen LogP contribution in [0.4, 0.5) is 5.69 Å². The summed E-state index contributed by atoms with van der Waals surface area (Å²) in [7, 11) is 0. The lowest BCUT2D eigenvalue weighted by atomic mass is 10.1. The average Bonchev–Trinajstić information content (AvgIpc) is 2.61. The van der Waals surface area contributed by atoms with Gasteiger partial charge in [-0.1, -0.05) is 44.7 Å². The van der Waals surface area contributed by atoms with Gasteiger partial charge >= 0.3 is 0 Å². The molecule has 0 saturated carbocycles. The molecule has 1 rings (SSSR count). The third-order valence-electron chi connectivity index (χ3n) is 4.29. The maximum absolute atomic E-state index is 5.52. The zero-order valence-electron chi connectivity index (χ0n) is 16.1. The summed E-state index contributed by atoms with van der Waals surface area (Å²) in [6.07, 6.45) is 7.91. The van der Waals surface area contributed by atoms with Crippen molar-refractivity contribution in [2.24, 2.45) is 0 Å². The molecule has 0 atom stereocenters. The molecule has 138 valence electrons. The molecule has 3 heteroatoms. The number of ether oxygens (including phenoxy) is 2. The molecule has 0 aromatic heterocycles. The monoisotopic (exact) mass is 335 g/mol. The predicted molar refractivity (Wildman–Crippen MR) is 104 cm³/mol. The summed E-state index contributed by atoms with van der Waals surface area (Å²) in [5, 5.41) is 0. The molecule has 0 radical (unpaired) electrons. The maximum atomic E-state index is 5.52. The van der Waals surface area contributed by atoms with E-state index >= 15 is 0 Å². The molecule has 0 N–H and O–H groups in total. The number of aryl methyl sites for hydroxylation is 1. The normalized spacial score (nSPS) is 11.0. The van der Waals surface area contributed by atoms with Crippen LogP contribution in [0.5, 0.6) is 0 Å². The number of nitrogens with zero attached hydrogens (tertiary/aromatic N) is 1. The highest BCUT2D eigenvalue weighted by molar-refractivity contribution is 5.47. The van der Waals surface area contributed by atoms with Gasteiger partial charge in [0, 0.05) is 32.0 Å². The zero-order valence-corrected chi connectivity index (χ0v) is 16.1. The highest BCUT2D eigenvalue weighted by atomic mass is 16.5. The Morgan fingerprint density at radius 3 is 1.88 bits per heavy atom. The molecule has 3 nitrogen and oxygen atoms in total. The van der Waals surface area contributed by atoms with E-state index in [2.05, 4.69) is 36.1 Å². The number of hydrogen-bond donors (Lipinski definition) is 0. The average molecular weight is 336 g/mol. The van der Waals surface area contributed by atoms with Crippen LogP contribution in [0.1, 0.15) is 58.4 Å². The van der Waals surface area contributed by atoms with Crippen molar-refractivity contribution in [2.45, 2.75) is 59.3 Å². The lowest BCUT2D eigenvalue weighted by Gasteiger charge is -2.25. The molecule has 24 heavy (non-hydrogen) atoms. The van der Waals surface area contributed by atoms with Crippen molar-refractivity contribution < 1.29 is 9.47 Å². The van der Waals surface area contributed by atoms with Gasteiger partial charge in [0.1, 0.15) is 0 Å². The van der Waals surface area contributed by atoms with E-state index in [1.54, 1.807) is 0 Å². The van der Waals surface area contributed by atoms with Gasteiger partial charge in [-0.3, -0.25) is 0 Å². The van der Waals surface area contributed by atoms with E-state index in [-0.39, 0.29) is 0 Å². The first-order valence-electron chi connectivity index (χ1n) is 9.81. The van der Waals surface area contributed by atoms with Crippen LogP contribution in [-0.4, -0.2) is 39.5 Å². The van der Waals surface area contributed by atoms with Crippen LogP contribution in [0.25, 0.3) is 0 Å². The van der Waals surface area contributed by atoms with Crippen molar-refractivity contribution in [3.63, 3.8) is 0 Å². The smallest absolute Gasteiger partial charge is 0.0641 e. The molecule has 0 amide bonds. The van der Waals surface area contributed by atoms with Crippen LogP contribution in [0.15, 0.2) is 24.3 Å². The van der Waals surface area contributed by atoms with E-state index in [1.165, 1.54) is 49.8 Å². The van der Waals surface area contributed by atoms with Crippen LogP contribution in [0, 0.1) is 0 Å². The van der Waals surface area contributed by atoms with Crippen molar-refractivity contribution >= 4 is 5.69 Å². The second-order valence-corrected chi connectivity index (χ2v) is 6.21. The number of rotatable bonds is 15. The predicted octanol–water partition coefficient (Wildman–Crippen LogP) is 5.08. The Hall–Kier alpha value is -1.06. The molecule has 0 aliphatic rings. The van der Waals surface area contributed by atoms with E-state index in [0.717, 1.165) is 39.5 Å². The fourth-order valence-electron chi connectivity index (χ4n) is 2.81. The fourth-order valence-corrected chi connectivity index (χ4v) is 2.81. The zero-order chi connectivity index (χ0) is 17.5. The quantitative estimate of drug-likeness (QED) is 0.417. The first-order chi connectivity index (χ1) is 11.8. The molecule has 0 aliphatic heterocycles. The second-order valence-electron chi connectivity index (χ2n) is 6.21. The standard InChI is InChI=1S/C21H37NO2/c1-4-7-8-9-10-11-20-12-14-21(15-13-20)22(16-18-23-5-2)17-19-24-6-3/h12-15H,4-11,16-19H2,1-3H3. The van der Waals surface area contributed by atoms with Crippen molar-refractivity contribution in [3.8, 4) is 0 Å². The molecule has 0 fully saturated rings. The van der Waals surface area contributed by atoms with Crippen molar-refractivity contribution in [3.05, 3.63) is 29.8 Å². The van der Waals surface area contributed by atoms with Crippen LogP contribution >= 0.6 is 0 Å². The van der Waals surface area contributed by atoms with Gasteiger partial charge in [-0.25, -0.2) is 0 Å². The number of hydrogen-bond acceptors (Lipinski definition) is 3. The van der Waals surface area contributed by atoms with Crippen molar-refractivity contribution in [2.75, 3.05) is 44.4 Å². The minimum absolute atomic E-state index is 0.766. The van der Waals surface area contributed by atoms with Crippen LogP contribution in [0.3, 0.4) is 0 Å². The SMILES string of the molecule is CCCCCCCc1ccc(N(CCOCC)CCOCC)cc1. The lowest BCUT2D eigenvalue weighted by molar-refractivity contribution is 0.141. The molecular weight excluding hydrogens is 298 g/mol. The van der Waals surface area contributed by atoms with E-state index in [4.69, 9.17) is 9.47 Å². The van der Waals surface area contributed by atoms with E-state index < -0.39 is 0 Å². The highest BCUT2D eigenvalue weighted by Gasteiger charge is 2.06. The Morgan fingerprint density at radius 1 is 0.750 bits per heavy atom. The Labute approximate surface area is 149 Å². The topological polar surface area (TPSA) is 21.7 Å². The van der Waals surface area contributed by atoms with Gasteiger partial charge in [0.05, 0.1) is 13.2 Å². The number of anilines is 1. The van der Waals surface area contributed by atoms with E-state index in [9.17, 15) is 0 Å². The summed E-state index contributed by atoms with van der Waals surface area (Å²) < 4.78 is 11.0. The number of benzene rings is 1. The Bertz CT molecular complexity index is 381. The summed E-state index contributed by atoms with van der Waals surface area (Å²) >= 11 is 0. The third kappa shape index (κ3) is 9.29. The molecule has 0 heterocycles. The molecule has 0 saturated heterocycles. The first kappa shape index (κ1) is 21.0. The minimum Gasteiger partial charge on any atom is -0.380 e. The van der Waals surface area contributed by atoms with Gasteiger partial charge in [0.2, 0.25) is 0 Å². The minimum atomic E-state index is 0.766. The van der Waals surface area contributed by atoms with Gasteiger partial charge in [0.15, 0.2) is 0 Å². The molecule has 0 aliphatic carbocycles. The molecule has 1 aromatic rings. The molecule has 0 spiro atoms.